The number of hydrogen-bond donors (Lipinski definition) is 0. The average Bonchev–Trinajstić information content (AvgIpc) is 3.54. The van der Waals surface area contributed by atoms with Gasteiger partial charge in [-0.1, -0.05) is 87.4 Å². The van der Waals surface area contributed by atoms with Crippen molar-refractivity contribution in [2.75, 3.05) is 39.4 Å². The van der Waals surface area contributed by atoms with Crippen molar-refractivity contribution in [2.24, 2.45) is 23.7 Å². The molecular weight excluding hydrogens is 476 g/mol. The van der Waals surface area contributed by atoms with E-state index in [1.54, 1.807) is 0 Å². The van der Waals surface area contributed by atoms with Gasteiger partial charge in [-0.15, -0.1) is 0 Å². The molecular formula is C32H46N2O4. The van der Waals surface area contributed by atoms with Crippen LogP contribution in [0, 0.1) is 23.7 Å². The van der Waals surface area contributed by atoms with Crippen molar-refractivity contribution in [2.45, 2.75) is 53.6 Å². The standard InChI is InChI=1S/2C16H23NO2/c2*1-3-14-11-17(10-13-8-6-5-7-9-13)12-15(14)16(18)19-4-2/h2*5-9,14-15H,3-4,10-12H2,1-2H3/t2*14-,15-/m10/s1. The summed E-state index contributed by atoms with van der Waals surface area (Å²) in [5.74, 6) is 0.919. The van der Waals surface area contributed by atoms with Crippen LogP contribution in [0.25, 0.3) is 0 Å². The second-order valence-corrected chi connectivity index (χ2v) is 10.4. The Morgan fingerprint density at radius 3 is 1.32 bits per heavy atom. The molecule has 0 aliphatic carbocycles. The fourth-order valence-electron chi connectivity index (χ4n) is 5.72. The molecule has 4 atom stereocenters. The van der Waals surface area contributed by atoms with Gasteiger partial charge in [0.1, 0.15) is 0 Å². The highest BCUT2D eigenvalue weighted by Gasteiger charge is 2.38. The van der Waals surface area contributed by atoms with E-state index in [1.807, 2.05) is 26.0 Å². The van der Waals surface area contributed by atoms with E-state index >= 15 is 0 Å². The van der Waals surface area contributed by atoms with Gasteiger partial charge < -0.3 is 9.47 Å². The Kier molecular flexibility index (Phi) is 12.3. The molecule has 2 aromatic rings. The summed E-state index contributed by atoms with van der Waals surface area (Å²) < 4.78 is 10.4. The number of benzene rings is 2. The van der Waals surface area contributed by atoms with Crippen molar-refractivity contribution in [1.82, 2.24) is 9.80 Å². The predicted molar refractivity (Wildman–Crippen MR) is 151 cm³/mol. The second kappa shape index (κ2) is 15.6. The Morgan fingerprint density at radius 1 is 0.632 bits per heavy atom. The van der Waals surface area contributed by atoms with Crippen LogP contribution >= 0.6 is 0 Å². The third kappa shape index (κ3) is 8.67. The molecule has 38 heavy (non-hydrogen) atoms. The Bertz CT molecular complexity index is 888. The molecule has 0 unspecified atom stereocenters. The molecule has 0 N–H and O–H groups in total. The summed E-state index contributed by atoms with van der Waals surface area (Å²) in [6, 6.07) is 20.9. The third-order valence-corrected chi connectivity index (χ3v) is 7.76. The molecule has 2 aliphatic rings. The summed E-state index contributed by atoms with van der Waals surface area (Å²) in [6.45, 7) is 14.5. The van der Waals surface area contributed by atoms with Crippen LogP contribution in [0.5, 0.6) is 0 Å². The van der Waals surface area contributed by atoms with Crippen LogP contribution in [0.15, 0.2) is 60.7 Å². The van der Waals surface area contributed by atoms with Crippen LogP contribution in [0.1, 0.15) is 51.7 Å². The lowest BCUT2D eigenvalue weighted by atomic mass is 9.94. The van der Waals surface area contributed by atoms with Crippen molar-refractivity contribution >= 4 is 11.9 Å². The molecule has 0 bridgehead atoms. The molecule has 6 nitrogen and oxygen atoms in total. The van der Waals surface area contributed by atoms with Gasteiger partial charge >= 0.3 is 11.9 Å². The summed E-state index contributed by atoms with van der Waals surface area (Å²) in [7, 11) is 0. The first-order valence-electron chi connectivity index (χ1n) is 14.3. The van der Waals surface area contributed by atoms with E-state index in [2.05, 4.69) is 72.2 Å². The van der Waals surface area contributed by atoms with E-state index in [1.165, 1.54) is 11.1 Å². The molecule has 2 saturated heterocycles. The minimum Gasteiger partial charge on any atom is -0.466 e. The van der Waals surface area contributed by atoms with Crippen molar-refractivity contribution in [1.29, 1.82) is 0 Å². The quantitative estimate of drug-likeness (QED) is 0.389. The lowest BCUT2D eigenvalue weighted by Gasteiger charge is -2.15. The highest BCUT2D eigenvalue weighted by Crippen LogP contribution is 2.29. The SMILES string of the molecule is CCOC(=O)[C@@H]1CN(Cc2ccccc2)C[C@H]1CC.CCOC(=O)[C@H]1CN(Cc2ccccc2)C[C@@H]1CC. The highest BCUT2D eigenvalue weighted by molar-refractivity contribution is 5.74. The highest BCUT2D eigenvalue weighted by atomic mass is 16.5. The number of nitrogens with zero attached hydrogens (tertiary/aromatic N) is 2. The molecule has 2 aromatic carbocycles. The van der Waals surface area contributed by atoms with Crippen LogP contribution in [-0.4, -0.2) is 61.1 Å². The third-order valence-electron chi connectivity index (χ3n) is 7.76. The maximum absolute atomic E-state index is 12.0. The van der Waals surface area contributed by atoms with E-state index in [0.717, 1.165) is 52.1 Å². The number of hydrogen-bond acceptors (Lipinski definition) is 6. The molecule has 0 spiro atoms. The minimum absolute atomic E-state index is 0.0232. The van der Waals surface area contributed by atoms with Crippen molar-refractivity contribution in [3.8, 4) is 0 Å². The summed E-state index contributed by atoms with van der Waals surface area (Å²) in [5.41, 5.74) is 2.61. The number of ether oxygens (including phenoxy) is 2. The fraction of sp³-hybridized carbons (Fsp3) is 0.562. The number of carbonyl (C=O) groups is 2. The molecule has 6 heteroatoms. The van der Waals surface area contributed by atoms with E-state index in [-0.39, 0.29) is 23.8 Å². The zero-order valence-electron chi connectivity index (χ0n) is 23.7. The van der Waals surface area contributed by atoms with Crippen LogP contribution in [0.4, 0.5) is 0 Å². The smallest absolute Gasteiger partial charge is 0.310 e. The molecule has 208 valence electrons. The Morgan fingerprint density at radius 2 is 1.00 bits per heavy atom. The number of esters is 2. The van der Waals surface area contributed by atoms with Gasteiger partial charge in [0.15, 0.2) is 0 Å². The molecule has 0 amide bonds. The Hall–Kier alpha value is -2.70. The van der Waals surface area contributed by atoms with Crippen LogP contribution in [0.3, 0.4) is 0 Å². The lowest BCUT2D eigenvalue weighted by molar-refractivity contribution is -0.149. The zero-order valence-corrected chi connectivity index (χ0v) is 23.7. The molecule has 0 radical (unpaired) electrons. The minimum atomic E-state index is -0.0232. The molecule has 0 saturated carbocycles. The van der Waals surface area contributed by atoms with E-state index < -0.39 is 0 Å². The average molecular weight is 523 g/mol. The zero-order chi connectivity index (χ0) is 27.3. The number of rotatable bonds is 10. The summed E-state index contributed by atoms with van der Waals surface area (Å²) in [5, 5.41) is 0. The lowest BCUT2D eigenvalue weighted by Crippen LogP contribution is -2.25. The van der Waals surface area contributed by atoms with Gasteiger partial charge in [0.2, 0.25) is 0 Å². The van der Waals surface area contributed by atoms with E-state index in [9.17, 15) is 9.59 Å². The molecule has 0 aromatic heterocycles. The second-order valence-electron chi connectivity index (χ2n) is 10.4. The van der Waals surface area contributed by atoms with Crippen molar-refractivity contribution in [3.05, 3.63) is 71.8 Å². The number of carbonyl (C=O) groups excluding carboxylic acids is 2. The molecule has 2 aliphatic heterocycles. The molecule has 2 heterocycles. The van der Waals surface area contributed by atoms with E-state index in [4.69, 9.17) is 9.47 Å². The molecule has 4 rings (SSSR count). The van der Waals surface area contributed by atoms with Gasteiger partial charge in [-0.05, 0) is 36.8 Å². The number of likely N-dealkylation sites (tertiary alicyclic amines) is 2. The van der Waals surface area contributed by atoms with Gasteiger partial charge in [-0.2, -0.15) is 0 Å². The van der Waals surface area contributed by atoms with Crippen LogP contribution in [-0.2, 0) is 32.2 Å². The van der Waals surface area contributed by atoms with Gasteiger partial charge in [0, 0.05) is 39.3 Å². The topological polar surface area (TPSA) is 59.1 Å². The van der Waals surface area contributed by atoms with Crippen molar-refractivity contribution in [3.63, 3.8) is 0 Å². The summed E-state index contributed by atoms with van der Waals surface area (Å²) in [6.07, 6.45) is 2.07. The van der Waals surface area contributed by atoms with Crippen molar-refractivity contribution < 1.29 is 19.1 Å². The first kappa shape index (κ1) is 29.9. The fourth-order valence-corrected chi connectivity index (χ4v) is 5.72. The summed E-state index contributed by atoms with van der Waals surface area (Å²) in [4.78, 5) is 28.7. The van der Waals surface area contributed by atoms with Gasteiger partial charge in [-0.3, -0.25) is 19.4 Å². The Labute approximate surface area is 229 Å². The maximum atomic E-state index is 12.0. The monoisotopic (exact) mass is 522 g/mol. The van der Waals surface area contributed by atoms with Gasteiger partial charge in [0.25, 0.3) is 0 Å². The first-order valence-corrected chi connectivity index (χ1v) is 14.3. The summed E-state index contributed by atoms with van der Waals surface area (Å²) >= 11 is 0. The van der Waals surface area contributed by atoms with E-state index in [0.29, 0.717) is 25.0 Å². The Balaban J connectivity index is 0.000000211. The first-order chi connectivity index (χ1) is 18.5. The van der Waals surface area contributed by atoms with Gasteiger partial charge in [-0.25, -0.2) is 0 Å². The predicted octanol–water partition coefficient (Wildman–Crippen LogP) is 5.42. The van der Waals surface area contributed by atoms with Crippen LogP contribution < -0.4 is 0 Å². The van der Waals surface area contributed by atoms with Gasteiger partial charge in [0.05, 0.1) is 25.0 Å². The maximum Gasteiger partial charge on any atom is 0.310 e. The van der Waals surface area contributed by atoms with Crippen LogP contribution in [0.2, 0.25) is 0 Å². The largest absolute Gasteiger partial charge is 0.466 e. The normalized spacial score (nSPS) is 23.5. The molecule has 2 fully saturated rings.